The Labute approximate surface area is 147 Å². The van der Waals surface area contributed by atoms with E-state index in [4.69, 9.17) is 4.74 Å². The largest absolute Gasteiger partial charge is 0.496 e. The van der Waals surface area contributed by atoms with Crippen molar-refractivity contribution >= 4 is 11.8 Å². The van der Waals surface area contributed by atoms with Crippen LogP contribution in [0.5, 0.6) is 5.75 Å². The fourth-order valence-electron chi connectivity index (χ4n) is 3.53. The van der Waals surface area contributed by atoms with Crippen LogP contribution < -0.4 is 4.74 Å². The molecule has 7 heteroatoms. The van der Waals surface area contributed by atoms with E-state index in [1.165, 1.54) is 12.1 Å². The van der Waals surface area contributed by atoms with Gasteiger partial charge < -0.3 is 14.5 Å². The molecule has 2 saturated heterocycles. The SMILES string of the molecule is COc1ccc(F)cc1CN1CCN(C(=O)[C@@H]2CC(=O)N(C)C2)CC1. The highest BCUT2D eigenvalue weighted by Gasteiger charge is 2.35. The van der Waals surface area contributed by atoms with Gasteiger partial charge in [-0.2, -0.15) is 0 Å². The van der Waals surface area contributed by atoms with Crippen LogP contribution in [-0.2, 0) is 16.1 Å². The Morgan fingerprint density at radius 1 is 1.28 bits per heavy atom. The molecule has 2 fully saturated rings. The maximum Gasteiger partial charge on any atom is 0.228 e. The third-order valence-corrected chi connectivity index (χ3v) is 5.01. The van der Waals surface area contributed by atoms with Crippen molar-refractivity contribution in [1.82, 2.24) is 14.7 Å². The number of carbonyl (C=O) groups excluding carboxylic acids is 2. The lowest BCUT2D eigenvalue weighted by molar-refractivity contribution is -0.137. The number of carbonyl (C=O) groups is 2. The van der Waals surface area contributed by atoms with Gasteiger partial charge in [-0.05, 0) is 18.2 Å². The number of piperazine rings is 1. The number of rotatable bonds is 4. The first kappa shape index (κ1) is 17.7. The summed E-state index contributed by atoms with van der Waals surface area (Å²) in [5, 5.41) is 0. The summed E-state index contributed by atoms with van der Waals surface area (Å²) in [5.74, 6) is 0.287. The molecule has 0 unspecified atom stereocenters. The number of methoxy groups -OCH3 is 1. The minimum Gasteiger partial charge on any atom is -0.496 e. The molecule has 0 radical (unpaired) electrons. The molecule has 2 aliphatic rings. The van der Waals surface area contributed by atoms with Crippen LogP contribution in [0.25, 0.3) is 0 Å². The monoisotopic (exact) mass is 349 g/mol. The van der Waals surface area contributed by atoms with Gasteiger partial charge in [0, 0.05) is 58.3 Å². The van der Waals surface area contributed by atoms with Gasteiger partial charge in [0.25, 0.3) is 0 Å². The summed E-state index contributed by atoms with van der Waals surface area (Å²) in [5.41, 5.74) is 0.810. The van der Waals surface area contributed by atoms with E-state index in [-0.39, 0.29) is 23.5 Å². The molecule has 3 rings (SSSR count). The highest BCUT2D eigenvalue weighted by atomic mass is 19.1. The van der Waals surface area contributed by atoms with E-state index in [2.05, 4.69) is 4.90 Å². The Morgan fingerprint density at radius 2 is 2.00 bits per heavy atom. The first-order chi connectivity index (χ1) is 12.0. The third kappa shape index (κ3) is 3.92. The van der Waals surface area contributed by atoms with Crippen molar-refractivity contribution in [2.75, 3.05) is 46.9 Å². The fourth-order valence-corrected chi connectivity index (χ4v) is 3.53. The van der Waals surface area contributed by atoms with Crippen LogP contribution >= 0.6 is 0 Å². The number of hydrogen-bond acceptors (Lipinski definition) is 4. The van der Waals surface area contributed by atoms with E-state index in [1.807, 2.05) is 4.90 Å². The first-order valence-electron chi connectivity index (χ1n) is 8.55. The quantitative estimate of drug-likeness (QED) is 0.812. The van der Waals surface area contributed by atoms with Crippen molar-refractivity contribution in [3.8, 4) is 5.75 Å². The van der Waals surface area contributed by atoms with Crippen LogP contribution in [0.1, 0.15) is 12.0 Å². The molecule has 2 aliphatic heterocycles. The Morgan fingerprint density at radius 3 is 2.60 bits per heavy atom. The third-order valence-electron chi connectivity index (χ3n) is 5.01. The van der Waals surface area contributed by atoms with Gasteiger partial charge >= 0.3 is 0 Å². The second-order valence-electron chi connectivity index (χ2n) is 6.73. The number of halogens is 1. The predicted molar refractivity (Wildman–Crippen MR) is 90.6 cm³/mol. The van der Waals surface area contributed by atoms with E-state index in [0.717, 1.165) is 18.7 Å². The summed E-state index contributed by atoms with van der Waals surface area (Å²) >= 11 is 0. The molecule has 0 bridgehead atoms. The van der Waals surface area contributed by atoms with Crippen LogP contribution in [0.3, 0.4) is 0 Å². The number of benzene rings is 1. The predicted octanol–water partition coefficient (Wildman–Crippen LogP) is 0.957. The molecule has 2 amide bonds. The van der Waals surface area contributed by atoms with Crippen molar-refractivity contribution in [3.63, 3.8) is 0 Å². The number of hydrogen-bond donors (Lipinski definition) is 0. The van der Waals surface area contributed by atoms with Gasteiger partial charge in [-0.25, -0.2) is 4.39 Å². The number of nitrogens with zero attached hydrogens (tertiary/aromatic N) is 3. The van der Waals surface area contributed by atoms with Crippen molar-refractivity contribution in [1.29, 1.82) is 0 Å². The molecular formula is C18H24FN3O3. The Kier molecular flexibility index (Phi) is 5.22. The van der Waals surface area contributed by atoms with E-state index in [9.17, 15) is 14.0 Å². The van der Waals surface area contributed by atoms with Crippen LogP contribution in [-0.4, -0.2) is 73.4 Å². The van der Waals surface area contributed by atoms with Gasteiger partial charge in [-0.15, -0.1) is 0 Å². The van der Waals surface area contributed by atoms with Gasteiger partial charge in [0.05, 0.1) is 13.0 Å². The fraction of sp³-hybridized carbons (Fsp3) is 0.556. The number of likely N-dealkylation sites (tertiary alicyclic amines) is 1. The summed E-state index contributed by atoms with van der Waals surface area (Å²) in [6.45, 7) is 3.81. The number of amides is 2. The van der Waals surface area contributed by atoms with Gasteiger partial charge in [0.2, 0.25) is 11.8 Å². The zero-order chi connectivity index (χ0) is 18.0. The smallest absolute Gasteiger partial charge is 0.228 e. The maximum atomic E-state index is 13.5. The lowest BCUT2D eigenvalue weighted by Gasteiger charge is -2.36. The topological polar surface area (TPSA) is 53.1 Å². The molecule has 136 valence electrons. The van der Waals surface area contributed by atoms with Crippen LogP contribution in [0, 0.1) is 11.7 Å². The van der Waals surface area contributed by atoms with Crippen LogP contribution in [0.2, 0.25) is 0 Å². The highest BCUT2D eigenvalue weighted by molar-refractivity contribution is 5.89. The van der Waals surface area contributed by atoms with Crippen LogP contribution in [0.15, 0.2) is 18.2 Å². The van der Waals surface area contributed by atoms with Gasteiger partial charge in [-0.3, -0.25) is 14.5 Å². The molecular weight excluding hydrogens is 325 g/mol. The molecule has 1 atom stereocenters. The molecule has 2 heterocycles. The van der Waals surface area contributed by atoms with Crippen molar-refractivity contribution in [3.05, 3.63) is 29.6 Å². The summed E-state index contributed by atoms with van der Waals surface area (Å²) in [4.78, 5) is 29.8. The maximum absolute atomic E-state index is 13.5. The molecule has 0 aliphatic carbocycles. The Hall–Kier alpha value is -2.15. The minimum absolute atomic E-state index is 0.0372. The molecule has 25 heavy (non-hydrogen) atoms. The summed E-state index contributed by atoms with van der Waals surface area (Å²) < 4.78 is 18.8. The molecule has 1 aromatic rings. The van der Waals surface area contributed by atoms with E-state index >= 15 is 0 Å². The average molecular weight is 349 g/mol. The number of ether oxygens (including phenoxy) is 1. The average Bonchev–Trinajstić information content (AvgIpc) is 2.94. The standard InChI is InChI=1S/C18H24FN3O3/c1-20-11-14(10-17(20)23)18(24)22-7-5-21(6-8-22)12-13-9-15(19)3-4-16(13)25-2/h3-4,9,14H,5-8,10-12H2,1-2H3/t14-/m1/s1. The molecule has 1 aromatic carbocycles. The van der Waals surface area contributed by atoms with Gasteiger partial charge in [0.15, 0.2) is 0 Å². The molecule has 6 nitrogen and oxygen atoms in total. The Balaban J connectivity index is 1.55. The summed E-state index contributed by atoms with van der Waals surface area (Å²) in [6.07, 6.45) is 0.316. The van der Waals surface area contributed by atoms with E-state index < -0.39 is 0 Å². The molecule has 0 N–H and O–H groups in total. The second kappa shape index (κ2) is 7.39. The van der Waals surface area contributed by atoms with E-state index in [1.54, 1.807) is 25.1 Å². The zero-order valence-corrected chi connectivity index (χ0v) is 14.7. The molecule has 0 aromatic heterocycles. The summed E-state index contributed by atoms with van der Waals surface area (Å²) in [7, 11) is 3.31. The summed E-state index contributed by atoms with van der Waals surface area (Å²) in [6, 6.07) is 4.52. The van der Waals surface area contributed by atoms with Gasteiger partial charge in [-0.1, -0.05) is 0 Å². The Bertz CT molecular complexity index is 659. The first-order valence-corrected chi connectivity index (χ1v) is 8.55. The second-order valence-corrected chi connectivity index (χ2v) is 6.73. The van der Waals surface area contributed by atoms with E-state index in [0.29, 0.717) is 38.3 Å². The zero-order valence-electron chi connectivity index (χ0n) is 14.7. The molecule has 0 saturated carbocycles. The van der Waals surface area contributed by atoms with Crippen molar-refractivity contribution < 1.29 is 18.7 Å². The van der Waals surface area contributed by atoms with Crippen molar-refractivity contribution in [2.24, 2.45) is 5.92 Å². The lowest BCUT2D eigenvalue weighted by atomic mass is 10.1. The normalized spacial score (nSPS) is 21.7. The van der Waals surface area contributed by atoms with Crippen LogP contribution in [0.4, 0.5) is 4.39 Å². The molecule has 0 spiro atoms. The highest BCUT2D eigenvalue weighted by Crippen LogP contribution is 2.23. The lowest BCUT2D eigenvalue weighted by Crippen LogP contribution is -2.50. The van der Waals surface area contributed by atoms with Crippen molar-refractivity contribution in [2.45, 2.75) is 13.0 Å². The minimum atomic E-state index is -0.278. The van der Waals surface area contributed by atoms with Gasteiger partial charge in [0.1, 0.15) is 11.6 Å².